The molecule has 19 heteroatoms. The van der Waals surface area contributed by atoms with Gasteiger partial charge in [0.15, 0.2) is 0 Å². The normalized spacial score (nSPS) is 25.9. The zero-order valence-corrected chi connectivity index (χ0v) is 65.6. The molecule has 0 amide bonds. The summed E-state index contributed by atoms with van der Waals surface area (Å²) in [6, 6.07) is 53.9. The number of ether oxygens (including phenoxy) is 1. The number of benzene rings is 6. The van der Waals surface area contributed by atoms with Crippen LogP contribution in [0.4, 0.5) is 4.39 Å². The Bertz CT molecular complexity index is 5760. The highest BCUT2D eigenvalue weighted by molar-refractivity contribution is 5.85. The van der Waals surface area contributed by atoms with Gasteiger partial charge in [0.25, 0.3) is 0 Å². The number of aromatic nitrogens is 12. The third-order valence-electron chi connectivity index (χ3n) is 29.8. The van der Waals surface area contributed by atoms with Gasteiger partial charge in [-0.05, 0) is 228 Å². The molecule has 0 spiro atoms. The fraction of sp³-hybridized carbons (Fsp3) is 0.489. The lowest BCUT2D eigenvalue weighted by molar-refractivity contribution is 0.0342. The number of halogens is 1. The summed E-state index contributed by atoms with van der Waals surface area (Å²) in [4.78, 5) is 43.3. The van der Waals surface area contributed by atoms with E-state index in [9.17, 15) is 4.39 Å². The van der Waals surface area contributed by atoms with Crippen LogP contribution < -0.4 is 0 Å². The summed E-state index contributed by atoms with van der Waals surface area (Å²) < 4.78 is 33.8. The minimum atomic E-state index is -0.147. The summed E-state index contributed by atoms with van der Waals surface area (Å²) in [5, 5.41) is 0. The molecule has 113 heavy (non-hydrogen) atoms. The van der Waals surface area contributed by atoms with Crippen LogP contribution in [0.1, 0.15) is 163 Å². The van der Waals surface area contributed by atoms with Gasteiger partial charge in [-0.15, -0.1) is 0 Å². The Balaban J connectivity index is 0.0000000896. The number of rotatable bonds is 9. The average Bonchev–Trinajstić information content (AvgIpc) is 1.61. The first-order valence-corrected chi connectivity index (χ1v) is 43.7. The third-order valence-corrected chi connectivity index (χ3v) is 29.8. The number of aryl methyl sites for hydroxylation is 1. The van der Waals surface area contributed by atoms with Gasteiger partial charge in [-0.25, -0.2) is 34.3 Å². The van der Waals surface area contributed by atoms with E-state index in [1.165, 1.54) is 196 Å². The summed E-state index contributed by atoms with van der Waals surface area (Å²) in [6.45, 7) is 11.0. The maximum atomic E-state index is 14.0. The quantitative estimate of drug-likeness (QED) is 0.136. The molecule has 13 aliphatic rings. The van der Waals surface area contributed by atoms with E-state index < -0.39 is 0 Å². The molecule has 5 saturated heterocycles. The van der Waals surface area contributed by atoms with Crippen molar-refractivity contribution in [3.63, 3.8) is 0 Å². The molecule has 9 aliphatic heterocycles. The maximum absolute atomic E-state index is 14.0. The topological polar surface area (TPSA) is 132 Å². The van der Waals surface area contributed by atoms with Gasteiger partial charge in [-0.3, -0.25) is 29.1 Å². The summed E-state index contributed by atoms with van der Waals surface area (Å²) >= 11 is 0. The van der Waals surface area contributed by atoms with Crippen LogP contribution >= 0.6 is 0 Å². The van der Waals surface area contributed by atoms with Crippen LogP contribution in [0.2, 0.25) is 0 Å². The molecule has 580 valence electrons. The van der Waals surface area contributed by atoms with Crippen molar-refractivity contribution in [3.05, 3.63) is 193 Å². The molecule has 6 aromatic carbocycles. The van der Waals surface area contributed by atoms with Gasteiger partial charge in [0.05, 0.1) is 68.4 Å². The summed E-state index contributed by atoms with van der Waals surface area (Å²) in [6.07, 6.45) is 40.0. The second kappa shape index (κ2) is 28.5. The molecule has 0 radical (unpaired) electrons. The van der Waals surface area contributed by atoms with E-state index in [-0.39, 0.29) is 5.82 Å². The Morgan fingerprint density at radius 2 is 0.823 bits per heavy atom. The highest BCUT2D eigenvalue weighted by atomic mass is 19.1. The molecular formula is C94H106FN17O. The number of hydrogen-bond donors (Lipinski definition) is 0. The number of pyridine rings is 1. The van der Waals surface area contributed by atoms with Crippen LogP contribution in [0.15, 0.2) is 152 Å². The highest BCUT2D eigenvalue weighted by Crippen LogP contribution is 2.46. The van der Waals surface area contributed by atoms with Crippen LogP contribution in [0.3, 0.4) is 0 Å². The molecule has 26 rings (SSSR count). The Kier molecular flexibility index (Phi) is 17.5. The van der Waals surface area contributed by atoms with Gasteiger partial charge >= 0.3 is 0 Å². The predicted molar refractivity (Wildman–Crippen MR) is 444 cm³/mol. The number of para-hydroxylation sites is 2. The van der Waals surface area contributed by atoms with E-state index in [1.54, 1.807) is 13.0 Å². The molecule has 18 nitrogen and oxygen atoms in total. The van der Waals surface area contributed by atoms with Crippen LogP contribution in [-0.2, 0) is 63.1 Å². The van der Waals surface area contributed by atoms with Crippen molar-refractivity contribution in [2.45, 2.75) is 266 Å². The maximum Gasteiger partial charge on any atom is 0.136 e. The molecule has 7 aromatic heterocycles. The van der Waals surface area contributed by atoms with Crippen LogP contribution in [0.25, 0.3) is 88.8 Å². The zero-order valence-electron chi connectivity index (χ0n) is 65.6. The Labute approximate surface area is 661 Å². The van der Waals surface area contributed by atoms with Crippen LogP contribution in [0.5, 0.6) is 0 Å². The van der Waals surface area contributed by atoms with E-state index in [1.807, 2.05) is 36.9 Å². The monoisotopic (exact) mass is 1510 g/mol. The van der Waals surface area contributed by atoms with E-state index in [0.717, 1.165) is 171 Å². The van der Waals surface area contributed by atoms with E-state index >= 15 is 0 Å². The number of hydrogen-bond acceptors (Lipinski definition) is 12. The van der Waals surface area contributed by atoms with Gasteiger partial charge in [0, 0.05) is 168 Å². The summed E-state index contributed by atoms with van der Waals surface area (Å²) in [5.74, 6) is 4.98. The zero-order chi connectivity index (χ0) is 74.5. The van der Waals surface area contributed by atoms with Gasteiger partial charge in [-0.2, -0.15) is 0 Å². The second-order valence-corrected chi connectivity index (χ2v) is 36.0. The molecule has 4 aliphatic carbocycles. The van der Waals surface area contributed by atoms with Crippen molar-refractivity contribution < 1.29 is 9.13 Å². The molecule has 8 unspecified atom stereocenters. The molecule has 8 atom stereocenters. The minimum Gasteiger partial charge on any atom is -0.379 e. The molecule has 13 aromatic rings. The standard InChI is InChI=1S/C24H26FN3.2C24H25N5.C22H30N4O/c1-15-5-6-16(11-21(15)25)17-7-10-23-22(12-17)26-24-13-19-8-9-20(14-27(23)24)28(19)18-3-2-4-18;1-2-7-22-20(6-1)25-15-28(22)17-10-11-23-21(12-17)26-24-13-18-8-9-19(14-27(23)24)29(18)16-4-3-5-16;1-2-18(3-1)29-19-6-7-20(29)15-28-22-8-4-16(12-21(22)26-24(28)13-19)17-5-9-23-25-10-11-27(23)14-17;1-2-17(3-1)26-18-5-6-19(26)15-25-21-7-4-16(12-20(21)23-22(25)13-18)14-24-8-10-27-11-9-24/h5-7,10-12,18-20H,2-4,8-9,13-14H2,1H3;1-2,6-7,10-12,15-16,18-19H,3-5,8-9,13-14H2;4-5,8-12,14,18-20H,1-3,6-7,13,15H2;4,7,12,17-19H,1-3,5-6,8-11,13-15H2. The number of fused-ring (bicyclic) bond motifs is 22. The largest absolute Gasteiger partial charge is 0.379 e. The smallest absolute Gasteiger partial charge is 0.136 e. The molecule has 0 N–H and O–H groups in total. The SMILES string of the molecule is Cc1ccc(-c2ccc3c(c2)nc2n3CC3CCC(C2)N3C2CCC2)cc1F.c1cc2c(cc1CN1CCOCC1)nc1n2CC2CCC(C1)N2C1CCC1.c1ccc2c(c1)ncn2-c1ccc2c(c1)nc1n2CC2CCC(C1)N2C1CCC1.c1cn2cc(-c3ccc4c(c3)nc3n4CC4CCC(C3)N4C3CCC3)ccc2n1. The summed E-state index contributed by atoms with van der Waals surface area (Å²) in [5.41, 5.74) is 20.4. The minimum absolute atomic E-state index is 0.147. The molecule has 9 fully saturated rings. The first-order chi connectivity index (χ1) is 55.7. The van der Waals surface area contributed by atoms with Crippen molar-refractivity contribution in [2.75, 3.05) is 26.3 Å². The Morgan fingerprint density at radius 3 is 1.32 bits per heavy atom. The van der Waals surface area contributed by atoms with Crippen molar-refractivity contribution in [1.82, 2.24) is 81.6 Å². The predicted octanol–water partition coefficient (Wildman–Crippen LogP) is 16.5. The molecular weight excluding hydrogens is 1400 g/mol. The molecule has 8 bridgehead atoms. The lowest BCUT2D eigenvalue weighted by atomic mass is 9.90. The Hall–Kier alpha value is -8.95. The first-order valence-electron chi connectivity index (χ1n) is 43.7. The van der Waals surface area contributed by atoms with Crippen molar-refractivity contribution in [1.29, 1.82) is 0 Å². The van der Waals surface area contributed by atoms with Crippen molar-refractivity contribution in [2.24, 2.45) is 0 Å². The van der Waals surface area contributed by atoms with Gasteiger partial charge in [-0.1, -0.05) is 68.1 Å². The van der Waals surface area contributed by atoms with Crippen molar-refractivity contribution >= 4 is 60.8 Å². The fourth-order valence-corrected chi connectivity index (χ4v) is 23.2. The second-order valence-electron chi connectivity index (χ2n) is 36.0. The van der Waals surface area contributed by atoms with E-state index in [0.29, 0.717) is 41.8 Å². The number of nitrogens with zero attached hydrogens (tertiary/aromatic N) is 17. The number of morpholine rings is 1. The third kappa shape index (κ3) is 12.4. The highest BCUT2D eigenvalue weighted by Gasteiger charge is 2.48. The van der Waals surface area contributed by atoms with Gasteiger partial charge in [0.2, 0.25) is 0 Å². The summed E-state index contributed by atoms with van der Waals surface area (Å²) in [7, 11) is 0. The van der Waals surface area contributed by atoms with E-state index in [2.05, 4.69) is 171 Å². The Morgan fingerprint density at radius 1 is 0.389 bits per heavy atom. The van der Waals surface area contributed by atoms with Crippen LogP contribution in [-0.4, -0.2) is 180 Å². The first kappa shape index (κ1) is 69.5. The van der Waals surface area contributed by atoms with Crippen molar-refractivity contribution in [3.8, 4) is 27.9 Å². The van der Waals surface area contributed by atoms with E-state index in [4.69, 9.17) is 24.7 Å². The van der Waals surface area contributed by atoms with Gasteiger partial charge < -0.3 is 27.4 Å². The fourth-order valence-electron chi connectivity index (χ4n) is 23.2. The number of imidazole rings is 6. The average molecular weight is 1510 g/mol. The molecule has 4 saturated carbocycles. The van der Waals surface area contributed by atoms with Crippen LogP contribution in [0, 0.1) is 12.7 Å². The van der Waals surface area contributed by atoms with Gasteiger partial charge in [0.1, 0.15) is 41.1 Å². The lowest BCUT2D eigenvalue weighted by Gasteiger charge is -2.41. The molecule has 16 heterocycles. The lowest BCUT2D eigenvalue weighted by Crippen LogP contribution is -2.48.